The quantitative estimate of drug-likeness (QED) is 0.841. The first kappa shape index (κ1) is 15.9. The summed E-state index contributed by atoms with van der Waals surface area (Å²) in [5.41, 5.74) is 7.32. The molecule has 2 rings (SSSR count). The smallest absolute Gasteiger partial charge is 0.255 e. The highest BCUT2D eigenvalue weighted by Crippen LogP contribution is 2.25. The first-order chi connectivity index (χ1) is 10.3. The summed E-state index contributed by atoms with van der Waals surface area (Å²) in [6.45, 7) is 3.65. The summed E-state index contributed by atoms with van der Waals surface area (Å²) in [6.07, 6.45) is 0. The summed E-state index contributed by atoms with van der Waals surface area (Å²) in [5, 5.41) is 12.4. The first-order valence-electron chi connectivity index (χ1n) is 6.71. The maximum atomic E-state index is 12.2. The molecule has 4 nitrogen and oxygen atoms in total. The third-order valence-electron chi connectivity index (χ3n) is 3.38. The van der Waals surface area contributed by atoms with Gasteiger partial charge in [-0.25, -0.2) is 0 Å². The number of nitrogen functional groups attached to an aromatic ring is 1. The Kier molecular flexibility index (Phi) is 4.39. The Balaban J connectivity index is 2.24. The Morgan fingerprint density at radius 1 is 1.27 bits per heavy atom. The van der Waals surface area contributed by atoms with E-state index in [1.165, 1.54) is 6.07 Å². The zero-order valence-electron chi connectivity index (χ0n) is 12.4. The number of benzene rings is 2. The summed E-state index contributed by atoms with van der Waals surface area (Å²) in [4.78, 5) is 12.2. The van der Waals surface area contributed by atoms with Crippen LogP contribution in [0.5, 0.6) is 0 Å². The van der Waals surface area contributed by atoms with E-state index in [0.29, 0.717) is 22.0 Å². The van der Waals surface area contributed by atoms with Gasteiger partial charge in [-0.3, -0.25) is 4.79 Å². The molecular formula is C17H16ClN3O. The van der Waals surface area contributed by atoms with Crippen LogP contribution < -0.4 is 11.1 Å². The van der Waals surface area contributed by atoms with E-state index in [2.05, 4.69) is 11.4 Å². The Morgan fingerprint density at radius 2 is 2.00 bits per heavy atom. The number of amides is 1. The third kappa shape index (κ3) is 3.38. The van der Waals surface area contributed by atoms with E-state index in [-0.39, 0.29) is 5.91 Å². The maximum Gasteiger partial charge on any atom is 0.255 e. The zero-order valence-corrected chi connectivity index (χ0v) is 13.1. The second-order valence-electron chi connectivity index (χ2n) is 5.51. The van der Waals surface area contributed by atoms with Gasteiger partial charge in [-0.2, -0.15) is 5.26 Å². The van der Waals surface area contributed by atoms with Crippen molar-refractivity contribution in [3.8, 4) is 6.07 Å². The number of nitrogens with two attached hydrogens (primary N) is 1. The SMILES string of the molecule is CC(C)(C#N)c1cccc(NC(=O)c2ccc(Cl)c(N)c2)c1. The van der Waals surface area contributed by atoms with E-state index in [1.54, 1.807) is 30.3 Å². The molecule has 0 spiro atoms. The van der Waals surface area contributed by atoms with Gasteiger partial charge in [0.2, 0.25) is 0 Å². The number of anilines is 2. The summed E-state index contributed by atoms with van der Waals surface area (Å²) in [7, 11) is 0. The fraction of sp³-hybridized carbons (Fsp3) is 0.176. The molecular weight excluding hydrogens is 298 g/mol. The van der Waals surface area contributed by atoms with Crippen molar-refractivity contribution in [3.63, 3.8) is 0 Å². The number of carbonyl (C=O) groups excluding carboxylic acids is 1. The van der Waals surface area contributed by atoms with Crippen LogP contribution in [0, 0.1) is 11.3 Å². The number of nitriles is 1. The average molecular weight is 314 g/mol. The number of nitrogens with zero attached hydrogens (tertiary/aromatic N) is 1. The number of halogens is 1. The van der Waals surface area contributed by atoms with Gasteiger partial charge in [-0.15, -0.1) is 0 Å². The molecule has 0 atom stereocenters. The predicted octanol–water partition coefficient (Wildman–Crippen LogP) is 3.98. The van der Waals surface area contributed by atoms with Gasteiger partial charge in [0.25, 0.3) is 5.91 Å². The molecule has 0 bridgehead atoms. The number of carbonyl (C=O) groups is 1. The highest BCUT2D eigenvalue weighted by atomic mass is 35.5. The van der Waals surface area contributed by atoms with Crippen molar-refractivity contribution in [2.75, 3.05) is 11.1 Å². The Labute approximate surface area is 134 Å². The molecule has 0 aliphatic rings. The molecule has 0 saturated heterocycles. The van der Waals surface area contributed by atoms with Crippen LogP contribution in [0.4, 0.5) is 11.4 Å². The largest absolute Gasteiger partial charge is 0.398 e. The van der Waals surface area contributed by atoms with Gasteiger partial charge in [0.1, 0.15) is 0 Å². The minimum atomic E-state index is -0.620. The molecule has 0 saturated carbocycles. The molecule has 2 aromatic rings. The minimum absolute atomic E-state index is 0.282. The number of hydrogen-bond acceptors (Lipinski definition) is 3. The minimum Gasteiger partial charge on any atom is -0.398 e. The fourth-order valence-electron chi connectivity index (χ4n) is 1.94. The van der Waals surface area contributed by atoms with Gasteiger partial charge < -0.3 is 11.1 Å². The Bertz CT molecular complexity index is 763. The van der Waals surface area contributed by atoms with E-state index < -0.39 is 5.41 Å². The van der Waals surface area contributed by atoms with E-state index in [0.717, 1.165) is 5.56 Å². The predicted molar refractivity (Wildman–Crippen MR) is 88.9 cm³/mol. The normalized spacial score (nSPS) is 10.8. The number of hydrogen-bond donors (Lipinski definition) is 2. The lowest BCUT2D eigenvalue weighted by molar-refractivity contribution is 0.102. The molecule has 0 radical (unpaired) electrons. The van der Waals surface area contributed by atoms with Crippen molar-refractivity contribution in [3.05, 3.63) is 58.6 Å². The lowest BCUT2D eigenvalue weighted by Gasteiger charge is -2.17. The second kappa shape index (κ2) is 6.08. The molecule has 0 unspecified atom stereocenters. The standard InChI is InChI=1S/C17H16ClN3O/c1-17(2,10-19)12-4-3-5-13(9-12)21-16(22)11-6-7-14(18)15(20)8-11/h3-9H,20H2,1-2H3,(H,21,22). The van der Waals surface area contributed by atoms with E-state index in [9.17, 15) is 10.1 Å². The van der Waals surface area contributed by atoms with Crippen molar-refractivity contribution < 1.29 is 4.79 Å². The second-order valence-corrected chi connectivity index (χ2v) is 5.92. The molecule has 3 N–H and O–H groups in total. The van der Waals surface area contributed by atoms with Gasteiger partial charge in [-0.1, -0.05) is 23.7 Å². The van der Waals surface area contributed by atoms with Gasteiger partial charge >= 0.3 is 0 Å². The average Bonchev–Trinajstić information content (AvgIpc) is 2.50. The van der Waals surface area contributed by atoms with Crippen LogP contribution in [0.25, 0.3) is 0 Å². The van der Waals surface area contributed by atoms with Crippen LogP contribution >= 0.6 is 11.6 Å². The lowest BCUT2D eigenvalue weighted by Crippen LogP contribution is -2.16. The Hall–Kier alpha value is -2.51. The topological polar surface area (TPSA) is 78.9 Å². The van der Waals surface area contributed by atoms with Crippen molar-refractivity contribution in [1.82, 2.24) is 0 Å². The molecule has 0 fully saturated rings. The molecule has 0 aliphatic heterocycles. The van der Waals surface area contributed by atoms with E-state index in [4.69, 9.17) is 17.3 Å². The van der Waals surface area contributed by atoms with Crippen molar-refractivity contribution in [2.24, 2.45) is 0 Å². The summed E-state index contributed by atoms with van der Waals surface area (Å²) in [5.74, 6) is -0.282. The molecule has 2 aromatic carbocycles. The van der Waals surface area contributed by atoms with Crippen LogP contribution in [-0.4, -0.2) is 5.91 Å². The van der Waals surface area contributed by atoms with Gasteiger partial charge in [0.05, 0.1) is 22.2 Å². The lowest BCUT2D eigenvalue weighted by atomic mass is 9.86. The first-order valence-corrected chi connectivity index (χ1v) is 7.09. The summed E-state index contributed by atoms with van der Waals surface area (Å²) >= 11 is 5.85. The molecule has 1 amide bonds. The number of rotatable bonds is 3. The highest BCUT2D eigenvalue weighted by molar-refractivity contribution is 6.33. The van der Waals surface area contributed by atoms with Gasteiger partial charge in [0.15, 0.2) is 0 Å². The van der Waals surface area contributed by atoms with Crippen LogP contribution in [0.2, 0.25) is 5.02 Å². The van der Waals surface area contributed by atoms with Crippen LogP contribution in [-0.2, 0) is 5.41 Å². The molecule has 5 heteroatoms. The molecule has 0 aliphatic carbocycles. The van der Waals surface area contributed by atoms with Crippen molar-refractivity contribution >= 4 is 28.9 Å². The molecule has 0 heterocycles. The van der Waals surface area contributed by atoms with E-state index >= 15 is 0 Å². The number of nitrogens with one attached hydrogen (secondary N) is 1. The zero-order chi connectivity index (χ0) is 16.3. The summed E-state index contributed by atoms with van der Waals surface area (Å²) < 4.78 is 0. The highest BCUT2D eigenvalue weighted by Gasteiger charge is 2.20. The Morgan fingerprint density at radius 3 is 2.64 bits per heavy atom. The molecule has 22 heavy (non-hydrogen) atoms. The monoisotopic (exact) mass is 313 g/mol. The van der Waals surface area contributed by atoms with Crippen LogP contribution in [0.3, 0.4) is 0 Å². The third-order valence-corrected chi connectivity index (χ3v) is 3.72. The van der Waals surface area contributed by atoms with Crippen molar-refractivity contribution in [1.29, 1.82) is 5.26 Å². The maximum absolute atomic E-state index is 12.2. The fourth-order valence-corrected chi connectivity index (χ4v) is 2.06. The van der Waals surface area contributed by atoms with Gasteiger partial charge in [-0.05, 0) is 49.7 Å². The van der Waals surface area contributed by atoms with Crippen molar-refractivity contribution in [2.45, 2.75) is 19.3 Å². The van der Waals surface area contributed by atoms with E-state index in [1.807, 2.05) is 19.9 Å². The molecule has 112 valence electrons. The molecule has 0 aromatic heterocycles. The van der Waals surface area contributed by atoms with Gasteiger partial charge in [0, 0.05) is 11.3 Å². The summed E-state index contributed by atoms with van der Waals surface area (Å²) in [6, 6.07) is 14.2. The van der Waals surface area contributed by atoms with Crippen LogP contribution in [0.15, 0.2) is 42.5 Å². The van der Waals surface area contributed by atoms with Crippen LogP contribution in [0.1, 0.15) is 29.8 Å².